The number of hydrogen-bond acceptors (Lipinski definition) is 5. The number of nitrogens with zero attached hydrogens (tertiary/aromatic N) is 1. The van der Waals surface area contributed by atoms with Crippen molar-refractivity contribution in [2.75, 3.05) is 20.8 Å². The number of carbonyl (C=O) groups is 2. The zero-order valence-electron chi connectivity index (χ0n) is 14.0. The maximum Gasteiger partial charge on any atom is 0.354 e. The largest absolute Gasteiger partial charge is 0.464 e. The first kappa shape index (κ1) is 20.2. The van der Waals surface area contributed by atoms with Gasteiger partial charge in [0, 0.05) is 12.5 Å². The van der Waals surface area contributed by atoms with Gasteiger partial charge in [-0.05, 0) is 12.5 Å². The van der Waals surface area contributed by atoms with E-state index in [2.05, 4.69) is 14.9 Å². The molecule has 9 heteroatoms. The molecule has 1 aromatic rings. The molecule has 0 aliphatic rings. The SMILES string of the molecule is COC(=O)C(=CCC(C[N+](=O)OC)c1cccc(F)c1F)NC(C)=O. The van der Waals surface area contributed by atoms with Gasteiger partial charge in [0.1, 0.15) is 5.70 Å². The molecule has 1 rings (SSSR count). The molecule has 0 heterocycles. The van der Waals surface area contributed by atoms with Crippen LogP contribution in [0.3, 0.4) is 0 Å². The van der Waals surface area contributed by atoms with Crippen LogP contribution in [0, 0.1) is 16.5 Å². The molecule has 0 spiro atoms. The first-order valence-electron chi connectivity index (χ1n) is 7.28. The fourth-order valence-corrected chi connectivity index (χ4v) is 2.14. The van der Waals surface area contributed by atoms with Crippen LogP contribution < -0.4 is 5.32 Å². The molecule has 0 aromatic heterocycles. The highest BCUT2D eigenvalue weighted by Crippen LogP contribution is 2.25. The summed E-state index contributed by atoms with van der Waals surface area (Å²) in [5, 5.41) is 2.29. The van der Waals surface area contributed by atoms with Crippen LogP contribution in [0.15, 0.2) is 30.0 Å². The number of halogens is 2. The number of allylic oxidation sites excluding steroid dienone is 1. The lowest BCUT2D eigenvalue weighted by atomic mass is 9.94. The van der Waals surface area contributed by atoms with Crippen molar-refractivity contribution in [3.05, 3.63) is 52.1 Å². The number of benzene rings is 1. The first-order chi connectivity index (χ1) is 11.8. The topological polar surface area (TPSA) is 84.7 Å². The lowest BCUT2D eigenvalue weighted by molar-refractivity contribution is -0.797. The Kier molecular flexibility index (Phi) is 7.64. The molecule has 1 unspecified atom stereocenters. The Morgan fingerprint density at radius 2 is 2.00 bits per heavy atom. The molecule has 0 saturated carbocycles. The number of nitrogens with one attached hydrogen (secondary N) is 1. The van der Waals surface area contributed by atoms with Crippen molar-refractivity contribution in [2.45, 2.75) is 19.3 Å². The van der Waals surface area contributed by atoms with Crippen molar-refractivity contribution in [2.24, 2.45) is 0 Å². The van der Waals surface area contributed by atoms with Crippen LogP contribution >= 0.6 is 0 Å². The molecule has 0 aliphatic heterocycles. The molecule has 1 amide bonds. The summed E-state index contributed by atoms with van der Waals surface area (Å²) >= 11 is 0. The van der Waals surface area contributed by atoms with Crippen molar-refractivity contribution in [1.29, 1.82) is 0 Å². The summed E-state index contributed by atoms with van der Waals surface area (Å²) in [4.78, 5) is 39.0. The fourth-order valence-electron chi connectivity index (χ4n) is 2.14. The fraction of sp³-hybridized carbons (Fsp3) is 0.375. The maximum atomic E-state index is 14.0. The molecule has 7 nitrogen and oxygen atoms in total. The quantitative estimate of drug-likeness (QED) is 0.437. The number of ether oxygens (including phenoxy) is 1. The smallest absolute Gasteiger partial charge is 0.354 e. The van der Waals surface area contributed by atoms with E-state index in [0.717, 1.165) is 20.3 Å². The third-order valence-corrected chi connectivity index (χ3v) is 3.32. The Balaban J connectivity index is 3.17. The Bertz CT molecular complexity index is 691. The van der Waals surface area contributed by atoms with Gasteiger partial charge in [-0.3, -0.25) is 4.79 Å². The maximum absolute atomic E-state index is 14.0. The van der Waals surface area contributed by atoms with Crippen LogP contribution in [-0.2, 0) is 19.2 Å². The van der Waals surface area contributed by atoms with E-state index >= 15 is 0 Å². The minimum absolute atomic E-state index is 0.0484. The monoisotopic (exact) mass is 357 g/mol. The van der Waals surface area contributed by atoms with Gasteiger partial charge < -0.3 is 10.1 Å². The first-order valence-corrected chi connectivity index (χ1v) is 7.28. The number of esters is 1. The summed E-state index contributed by atoms with van der Waals surface area (Å²) in [6, 6.07) is 3.59. The van der Waals surface area contributed by atoms with E-state index in [1.54, 1.807) is 0 Å². The third kappa shape index (κ3) is 5.94. The molecule has 0 saturated heterocycles. The van der Waals surface area contributed by atoms with E-state index < -0.39 is 29.4 Å². The average molecular weight is 357 g/mol. The van der Waals surface area contributed by atoms with Crippen molar-refractivity contribution in [3.8, 4) is 0 Å². The van der Waals surface area contributed by atoms with Gasteiger partial charge in [-0.25, -0.2) is 18.4 Å². The van der Waals surface area contributed by atoms with Crippen molar-refractivity contribution < 1.29 is 32.9 Å². The Labute approximate surface area is 143 Å². The van der Waals surface area contributed by atoms with Gasteiger partial charge in [0.25, 0.3) is 6.54 Å². The van der Waals surface area contributed by atoms with Crippen molar-refractivity contribution >= 4 is 11.9 Å². The highest BCUT2D eigenvalue weighted by atomic mass is 19.2. The molecule has 136 valence electrons. The number of carbonyl (C=O) groups excluding carboxylic acids is 2. The average Bonchev–Trinajstić information content (AvgIpc) is 2.58. The van der Waals surface area contributed by atoms with Crippen LogP contribution in [0.25, 0.3) is 0 Å². The van der Waals surface area contributed by atoms with Gasteiger partial charge in [0.2, 0.25) is 10.8 Å². The molecule has 1 N–H and O–H groups in total. The highest BCUT2D eigenvalue weighted by molar-refractivity contribution is 5.93. The second-order valence-corrected chi connectivity index (χ2v) is 5.06. The number of hydrogen-bond donors (Lipinski definition) is 1. The number of methoxy groups -OCH3 is 1. The summed E-state index contributed by atoms with van der Waals surface area (Å²) in [6.45, 7) is 0.882. The predicted octanol–water partition coefficient (Wildman–Crippen LogP) is 1.97. The lowest BCUT2D eigenvalue weighted by Crippen LogP contribution is -2.26. The zero-order valence-corrected chi connectivity index (χ0v) is 14.0. The van der Waals surface area contributed by atoms with Gasteiger partial charge >= 0.3 is 5.97 Å². The van der Waals surface area contributed by atoms with Crippen LogP contribution in [0.1, 0.15) is 24.8 Å². The molecule has 1 atom stereocenters. The Morgan fingerprint density at radius 1 is 1.32 bits per heavy atom. The Morgan fingerprint density at radius 3 is 2.56 bits per heavy atom. The molecular formula is C16H19F2N2O5+. The predicted molar refractivity (Wildman–Crippen MR) is 83.1 cm³/mol. The van der Waals surface area contributed by atoms with E-state index in [9.17, 15) is 23.3 Å². The molecule has 0 fully saturated rings. The van der Waals surface area contributed by atoms with Gasteiger partial charge in [-0.1, -0.05) is 18.2 Å². The summed E-state index contributed by atoms with van der Waals surface area (Å²) in [5.74, 6) is -4.30. The van der Waals surface area contributed by atoms with Crippen LogP contribution in [0.5, 0.6) is 0 Å². The normalized spacial score (nSPS) is 12.3. The standard InChI is InChI=1S/C16H18F2N2O5/c1-10(21)19-14(16(22)24-2)8-7-11(9-20(23)25-3)12-5-4-6-13(17)15(12)18/h4-6,8,11H,7,9H2,1-3H3/p+1. The number of rotatable bonds is 8. The van der Waals surface area contributed by atoms with E-state index in [1.165, 1.54) is 25.1 Å². The van der Waals surface area contributed by atoms with Gasteiger partial charge in [-0.15, -0.1) is 0 Å². The van der Waals surface area contributed by atoms with E-state index in [4.69, 9.17) is 0 Å². The van der Waals surface area contributed by atoms with E-state index in [1.807, 2.05) is 0 Å². The second kappa shape index (κ2) is 9.45. The van der Waals surface area contributed by atoms with E-state index in [-0.39, 0.29) is 29.1 Å². The van der Waals surface area contributed by atoms with Crippen LogP contribution in [0.4, 0.5) is 8.78 Å². The third-order valence-electron chi connectivity index (χ3n) is 3.32. The molecule has 0 radical (unpaired) electrons. The zero-order chi connectivity index (χ0) is 19.0. The summed E-state index contributed by atoms with van der Waals surface area (Å²) in [5.41, 5.74) is -0.215. The van der Waals surface area contributed by atoms with Crippen LogP contribution in [-0.4, -0.2) is 37.6 Å². The molecule has 1 aromatic carbocycles. The molecule has 0 bridgehead atoms. The molecule has 25 heavy (non-hydrogen) atoms. The molecular weight excluding hydrogens is 338 g/mol. The minimum Gasteiger partial charge on any atom is -0.464 e. The minimum atomic E-state index is -1.09. The summed E-state index contributed by atoms with van der Waals surface area (Å²) < 4.78 is 32.1. The van der Waals surface area contributed by atoms with E-state index in [0.29, 0.717) is 0 Å². The van der Waals surface area contributed by atoms with Gasteiger partial charge in [-0.2, -0.15) is 0 Å². The highest BCUT2D eigenvalue weighted by Gasteiger charge is 2.26. The Hall–Kier alpha value is -2.84. The molecule has 0 aliphatic carbocycles. The van der Waals surface area contributed by atoms with Gasteiger partial charge in [0.15, 0.2) is 18.7 Å². The van der Waals surface area contributed by atoms with Crippen molar-refractivity contribution in [3.63, 3.8) is 0 Å². The number of amides is 1. The van der Waals surface area contributed by atoms with Crippen LogP contribution in [0.2, 0.25) is 0 Å². The summed E-state index contributed by atoms with van der Waals surface area (Å²) in [6.07, 6.45) is 1.24. The second-order valence-electron chi connectivity index (χ2n) is 5.06. The lowest BCUT2D eigenvalue weighted by Gasteiger charge is -2.13. The van der Waals surface area contributed by atoms with Crippen molar-refractivity contribution in [1.82, 2.24) is 5.32 Å². The van der Waals surface area contributed by atoms with Gasteiger partial charge in [0.05, 0.1) is 17.9 Å². The summed E-state index contributed by atoms with van der Waals surface area (Å²) in [7, 11) is 2.27.